The van der Waals surface area contributed by atoms with Gasteiger partial charge in [0.25, 0.3) is 0 Å². The number of hydrogen-bond donors (Lipinski definition) is 5. The average molecular weight is 566 g/mol. The van der Waals surface area contributed by atoms with Gasteiger partial charge in [-0.05, 0) is 67.8 Å². The molecule has 0 aromatic heterocycles. The zero-order chi connectivity index (χ0) is 28.8. The van der Waals surface area contributed by atoms with E-state index in [9.17, 15) is 34.2 Å². The van der Waals surface area contributed by atoms with Gasteiger partial charge in [-0.15, -0.1) is 0 Å². The highest BCUT2D eigenvalue weighted by Crippen LogP contribution is 2.67. The van der Waals surface area contributed by atoms with E-state index in [0.717, 1.165) is 18.4 Å². The number of hydrogen-bond acceptors (Lipinski definition) is 9. The van der Waals surface area contributed by atoms with E-state index in [1.54, 1.807) is 6.08 Å². The Hall–Kier alpha value is -2.24. The van der Waals surface area contributed by atoms with Crippen molar-refractivity contribution in [2.24, 2.45) is 28.6 Å². The minimum atomic E-state index is -1.76. The summed E-state index contributed by atoms with van der Waals surface area (Å²) in [5, 5.41) is 34.4. The van der Waals surface area contributed by atoms with E-state index in [2.05, 4.69) is 24.9 Å². The number of nitrogens with one attached hydrogen (secondary N) is 1. The van der Waals surface area contributed by atoms with Crippen molar-refractivity contribution in [1.29, 1.82) is 0 Å². The third-order valence-electron chi connectivity index (χ3n) is 10.2. The van der Waals surface area contributed by atoms with Crippen LogP contribution in [0.15, 0.2) is 11.6 Å². The molecule has 0 aliphatic heterocycles. The molecule has 0 aromatic carbocycles. The first-order chi connectivity index (χ1) is 18.3. The molecular weight excluding hydrogens is 526 g/mol. The smallest absolute Gasteiger partial charge is 0.327 e. The number of aliphatic hydroxyl groups excluding tert-OH is 1. The lowest BCUT2D eigenvalue weighted by molar-refractivity contribution is -0.184. The second-order valence-electron chi connectivity index (χ2n) is 12.2. The number of fused-ring (bicyclic) bond motifs is 5. The maximum absolute atomic E-state index is 13.3. The van der Waals surface area contributed by atoms with Crippen LogP contribution in [0.25, 0.3) is 0 Å². The Morgan fingerprint density at radius 1 is 1.15 bits per heavy atom. The number of carbonyl (C=O) groups excluding carboxylic acids is 4. The number of esters is 1. The normalized spacial score (nSPS) is 38.0. The van der Waals surface area contributed by atoms with Crippen molar-refractivity contribution in [3.05, 3.63) is 11.6 Å². The molecular formula is C28H39NO9S. The zero-order valence-electron chi connectivity index (χ0n) is 22.5. The van der Waals surface area contributed by atoms with Crippen LogP contribution >= 0.6 is 12.6 Å². The van der Waals surface area contributed by atoms with Crippen LogP contribution < -0.4 is 5.32 Å². The molecule has 4 aliphatic carbocycles. The van der Waals surface area contributed by atoms with Crippen molar-refractivity contribution in [2.45, 2.75) is 89.4 Å². The van der Waals surface area contributed by atoms with Gasteiger partial charge in [-0.2, -0.15) is 12.6 Å². The second kappa shape index (κ2) is 11.0. The predicted octanol–water partition coefficient (Wildman–Crippen LogP) is 1.61. The number of carboxylic acid groups (broad SMARTS) is 1. The summed E-state index contributed by atoms with van der Waals surface area (Å²) in [6, 6.07) is -1.18. The van der Waals surface area contributed by atoms with Gasteiger partial charge in [0.1, 0.15) is 11.6 Å². The summed E-state index contributed by atoms with van der Waals surface area (Å²) in [5.74, 6) is -3.24. The minimum Gasteiger partial charge on any atom is -0.480 e. The summed E-state index contributed by atoms with van der Waals surface area (Å²) in [7, 11) is 0. The Balaban J connectivity index is 1.39. The summed E-state index contributed by atoms with van der Waals surface area (Å²) in [6.45, 7) is 3.34. The van der Waals surface area contributed by atoms with Crippen molar-refractivity contribution in [2.75, 3.05) is 12.4 Å². The molecule has 0 saturated heterocycles. The molecule has 4 N–H and O–H groups in total. The van der Waals surface area contributed by atoms with Crippen molar-refractivity contribution in [1.82, 2.24) is 5.32 Å². The number of amides is 1. The maximum atomic E-state index is 13.3. The molecule has 1 amide bonds. The Bertz CT molecular complexity index is 1090. The number of carbonyl (C=O) groups is 5. The lowest BCUT2D eigenvalue weighted by atomic mass is 9.45. The van der Waals surface area contributed by atoms with E-state index < -0.39 is 53.4 Å². The van der Waals surface area contributed by atoms with Gasteiger partial charge in [-0.25, -0.2) is 4.79 Å². The fourth-order valence-electron chi connectivity index (χ4n) is 8.16. The van der Waals surface area contributed by atoms with Gasteiger partial charge < -0.3 is 25.4 Å². The summed E-state index contributed by atoms with van der Waals surface area (Å²) in [6.07, 6.45) is 4.12. The third-order valence-corrected chi connectivity index (χ3v) is 10.6. The van der Waals surface area contributed by atoms with E-state index in [4.69, 9.17) is 9.84 Å². The number of ether oxygens (including phenoxy) is 1. The number of rotatable bonds is 9. The van der Waals surface area contributed by atoms with Crippen LogP contribution in [0.4, 0.5) is 0 Å². The van der Waals surface area contributed by atoms with Crippen molar-refractivity contribution in [3.8, 4) is 0 Å². The van der Waals surface area contributed by atoms with Crippen molar-refractivity contribution in [3.63, 3.8) is 0 Å². The maximum Gasteiger partial charge on any atom is 0.327 e. The van der Waals surface area contributed by atoms with Gasteiger partial charge in [0.2, 0.25) is 11.7 Å². The number of aliphatic hydroxyl groups is 2. The van der Waals surface area contributed by atoms with Gasteiger partial charge in [0.05, 0.1) is 12.5 Å². The summed E-state index contributed by atoms with van der Waals surface area (Å²) in [5.41, 5.74) is -1.82. The lowest BCUT2D eigenvalue weighted by Crippen LogP contribution is -2.62. The number of thiol groups is 1. The fourth-order valence-corrected chi connectivity index (χ4v) is 8.40. The highest BCUT2D eigenvalue weighted by Gasteiger charge is 2.68. The van der Waals surface area contributed by atoms with E-state index in [1.807, 2.05) is 6.92 Å². The third kappa shape index (κ3) is 5.17. The Morgan fingerprint density at radius 2 is 1.87 bits per heavy atom. The molecule has 3 fully saturated rings. The molecule has 4 aliphatic rings. The standard InChI is InChI=1S/C28H39NO9S/c1-26-9-7-16(30)11-15(26)3-4-17-18-8-10-28(37,27(18,2)12-20(31)24(17)26)21(32)13-38-23(34)6-5-22(33)29-19(14-39)25(35)36/h11,17-20,24,31,37,39H,3-10,12-14H2,1-2H3,(H,29,33)(H,35,36)/t17-,18+,19+,20-,24+,26-,27+,28-/m1/s1. The molecule has 11 heteroatoms. The minimum absolute atomic E-state index is 0.00395. The summed E-state index contributed by atoms with van der Waals surface area (Å²) < 4.78 is 5.10. The SMILES string of the molecule is C[C@]12C[C@@H](O)[C@@H]3[C@H](CCC4=CC(=O)CC[C@]43C)[C@@H]1CC[C@@]2(O)C(=O)COC(=O)CCC(=O)N[C@@H](CS)C(=O)O. The Kier molecular flexibility index (Phi) is 8.36. The topological polar surface area (TPSA) is 167 Å². The first-order valence-corrected chi connectivity index (χ1v) is 14.4. The lowest BCUT2D eigenvalue weighted by Gasteiger charge is -2.60. The number of ketones is 2. The molecule has 3 saturated carbocycles. The number of carboxylic acids is 1. The molecule has 0 heterocycles. The molecule has 39 heavy (non-hydrogen) atoms. The van der Waals surface area contributed by atoms with Gasteiger partial charge in [0, 0.05) is 24.0 Å². The highest BCUT2D eigenvalue weighted by atomic mass is 32.1. The van der Waals surface area contributed by atoms with Gasteiger partial charge in [-0.1, -0.05) is 19.4 Å². The molecule has 216 valence electrons. The van der Waals surface area contributed by atoms with Crippen LogP contribution in [-0.4, -0.2) is 74.8 Å². The highest BCUT2D eigenvalue weighted by molar-refractivity contribution is 7.80. The van der Waals surface area contributed by atoms with Crippen LogP contribution in [0.5, 0.6) is 0 Å². The largest absolute Gasteiger partial charge is 0.480 e. The van der Waals surface area contributed by atoms with Crippen LogP contribution in [0.2, 0.25) is 0 Å². The van der Waals surface area contributed by atoms with Gasteiger partial charge >= 0.3 is 11.9 Å². The number of Topliss-reactive ketones (excluding diaryl/α,β-unsaturated/α-hetero) is 1. The van der Waals surface area contributed by atoms with Crippen LogP contribution in [-0.2, 0) is 28.7 Å². The fraction of sp³-hybridized carbons (Fsp3) is 0.750. The molecule has 0 unspecified atom stereocenters. The molecule has 0 aromatic rings. The molecule has 10 nitrogen and oxygen atoms in total. The molecule has 0 radical (unpaired) electrons. The molecule has 4 rings (SSSR count). The zero-order valence-corrected chi connectivity index (χ0v) is 23.4. The van der Waals surface area contributed by atoms with Gasteiger partial charge in [-0.3, -0.25) is 19.2 Å². The average Bonchev–Trinajstić information content (AvgIpc) is 3.15. The van der Waals surface area contributed by atoms with Gasteiger partial charge in [0.15, 0.2) is 12.4 Å². The summed E-state index contributed by atoms with van der Waals surface area (Å²) >= 11 is 3.86. The molecule has 8 atom stereocenters. The quantitative estimate of drug-likeness (QED) is 0.206. The van der Waals surface area contributed by atoms with E-state index >= 15 is 0 Å². The van der Waals surface area contributed by atoms with Crippen LogP contribution in [0, 0.1) is 28.6 Å². The van der Waals surface area contributed by atoms with E-state index in [0.29, 0.717) is 19.3 Å². The number of allylic oxidation sites excluding steroid dienone is 1. The monoisotopic (exact) mass is 565 g/mol. The van der Waals surface area contributed by atoms with E-state index in [1.165, 1.54) is 0 Å². The number of aliphatic carboxylic acids is 1. The Labute approximate surface area is 233 Å². The first-order valence-electron chi connectivity index (χ1n) is 13.7. The second-order valence-corrected chi connectivity index (χ2v) is 12.6. The Morgan fingerprint density at radius 3 is 2.54 bits per heavy atom. The van der Waals surface area contributed by atoms with Crippen molar-refractivity contribution >= 4 is 42.0 Å². The summed E-state index contributed by atoms with van der Waals surface area (Å²) in [4.78, 5) is 60.5. The molecule has 0 spiro atoms. The van der Waals surface area contributed by atoms with E-state index in [-0.39, 0.29) is 60.4 Å². The van der Waals surface area contributed by atoms with Crippen LogP contribution in [0.3, 0.4) is 0 Å². The van der Waals surface area contributed by atoms with Crippen LogP contribution in [0.1, 0.15) is 71.6 Å². The van der Waals surface area contributed by atoms with Crippen molar-refractivity contribution < 1.29 is 44.0 Å². The predicted molar refractivity (Wildman–Crippen MR) is 142 cm³/mol. The molecule has 0 bridgehead atoms. The first kappa shape index (κ1) is 29.7.